The topological polar surface area (TPSA) is 61.8 Å². The zero-order chi connectivity index (χ0) is 25.6. The summed E-state index contributed by atoms with van der Waals surface area (Å²) in [6, 6.07) is 17.0. The Morgan fingerprint density at radius 2 is 1.54 bits per heavy atom. The largest absolute Gasteiger partial charge is 0.497 e. The van der Waals surface area contributed by atoms with Crippen LogP contribution in [0.25, 0.3) is 11.3 Å². The van der Waals surface area contributed by atoms with Crippen molar-refractivity contribution in [3.05, 3.63) is 77.2 Å². The normalized spacial score (nSPS) is 21.6. The zero-order valence-corrected chi connectivity index (χ0v) is 22.0. The second-order valence-electron chi connectivity index (χ2n) is 10.4. The van der Waals surface area contributed by atoms with E-state index in [1.807, 2.05) is 12.3 Å². The van der Waals surface area contributed by atoms with E-state index in [9.17, 15) is 4.79 Å². The Morgan fingerprint density at radius 1 is 0.811 bits per heavy atom. The number of ether oxygens (including phenoxy) is 1. The third kappa shape index (κ3) is 7.01. The van der Waals surface area contributed by atoms with Crippen molar-refractivity contribution in [3.8, 4) is 17.0 Å². The van der Waals surface area contributed by atoms with Crippen LogP contribution in [0.1, 0.15) is 35.4 Å². The Hall–Kier alpha value is -3.13. The monoisotopic (exact) mass is 499 g/mol. The minimum atomic E-state index is 0.352. The number of nitrogens with zero attached hydrogens (tertiary/aromatic N) is 5. The molecule has 7 heteroatoms. The highest BCUT2D eigenvalue weighted by molar-refractivity contribution is 5.80. The number of carbonyl (C=O) groups is 1. The molecule has 194 valence electrons. The van der Waals surface area contributed by atoms with Gasteiger partial charge < -0.3 is 9.64 Å². The number of aromatic nitrogens is 2. The standard InChI is InChI=1S/C30H37N5O2/c1-33-11-3-4-27(36)22-35-14-12-34(13-15-35)21-25-16-24(17-28(18-25)37-2)19-30-31-10-9-29(32-30)26-7-5-23(20-33)6-8-26/h5-10,16-18H,3-4,11-15,19-22H2,1-2H3. The quantitative estimate of drug-likeness (QED) is 0.506. The predicted molar refractivity (Wildman–Crippen MR) is 146 cm³/mol. The number of hydrogen-bond donors (Lipinski definition) is 0. The highest BCUT2D eigenvalue weighted by atomic mass is 16.5. The number of methoxy groups -OCH3 is 1. The van der Waals surface area contributed by atoms with Gasteiger partial charge in [0.05, 0.1) is 19.3 Å². The second-order valence-corrected chi connectivity index (χ2v) is 10.4. The van der Waals surface area contributed by atoms with Crippen LogP contribution in [0.3, 0.4) is 0 Å². The van der Waals surface area contributed by atoms with E-state index in [1.54, 1.807) is 7.11 Å². The van der Waals surface area contributed by atoms with Crippen molar-refractivity contribution >= 4 is 5.78 Å². The van der Waals surface area contributed by atoms with Crippen molar-refractivity contribution in [1.82, 2.24) is 24.7 Å². The van der Waals surface area contributed by atoms with Crippen molar-refractivity contribution < 1.29 is 9.53 Å². The molecule has 0 unspecified atom stereocenters. The van der Waals surface area contributed by atoms with Gasteiger partial charge in [0.25, 0.3) is 0 Å². The van der Waals surface area contributed by atoms with Gasteiger partial charge >= 0.3 is 0 Å². The average Bonchev–Trinajstić information content (AvgIpc) is 2.90. The van der Waals surface area contributed by atoms with E-state index >= 15 is 0 Å². The van der Waals surface area contributed by atoms with E-state index in [0.717, 1.165) is 80.6 Å². The fourth-order valence-electron chi connectivity index (χ4n) is 5.28. The Bertz CT molecular complexity index is 1200. The molecule has 0 aliphatic carbocycles. The molecular formula is C30H37N5O2. The Labute approximate surface area is 220 Å². The molecule has 0 spiro atoms. The first kappa shape index (κ1) is 25.5. The minimum Gasteiger partial charge on any atom is -0.497 e. The van der Waals surface area contributed by atoms with Crippen molar-refractivity contribution in [2.24, 2.45) is 0 Å². The van der Waals surface area contributed by atoms with E-state index in [4.69, 9.17) is 9.72 Å². The van der Waals surface area contributed by atoms with Crippen LogP contribution in [0.15, 0.2) is 54.7 Å². The number of carbonyl (C=O) groups excluding carboxylic acids is 1. The van der Waals surface area contributed by atoms with Gasteiger partial charge in [-0.3, -0.25) is 14.6 Å². The number of rotatable bonds is 1. The first-order chi connectivity index (χ1) is 18.0. The highest BCUT2D eigenvalue weighted by Gasteiger charge is 2.20. The average molecular weight is 500 g/mol. The molecule has 3 aromatic rings. The molecule has 1 aromatic heterocycles. The molecule has 2 aromatic carbocycles. The summed E-state index contributed by atoms with van der Waals surface area (Å²) in [6.45, 7) is 7.00. The van der Waals surface area contributed by atoms with Gasteiger partial charge in [-0.2, -0.15) is 0 Å². The van der Waals surface area contributed by atoms with Crippen LogP contribution in [0.4, 0.5) is 0 Å². The van der Waals surface area contributed by atoms with E-state index < -0.39 is 0 Å². The molecular weight excluding hydrogens is 462 g/mol. The number of Topliss-reactive ketones (excluding diaryl/α,β-unsaturated/α-hetero) is 1. The first-order valence-corrected chi connectivity index (χ1v) is 13.3. The SMILES string of the molecule is COc1cc2cc(c1)CN1CCN(CC1)CC(=O)CCCN(C)Cc1ccc(cc1)-c1ccnc(n1)C2. The van der Waals surface area contributed by atoms with Gasteiger partial charge in [-0.1, -0.05) is 30.3 Å². The first-order valence-electron chi connectivity index (χ1n) is 13.3. The molecule has 5 aliphatic heterocycles. The fraction of sp³-hybridized carbons (Fsp3) is 0.433. The summed E-state index contributed by atoms with van der Waals surface area (Å²) in [6.07, 6.45) is 4.04. The molecule has 5 aliphatic rings. The molecule has 7 nitrogen and oxygen atoms in total. The van der Waals surface area contributed by atoms with Gasteiger partial charge in [0.15, 0.2) is 0 Å². The molecule has 0 amide bonds. The third-order valence-corrected chi connectivity index (χ3v) is 7.30. The molecule has 1 saturated heterocycles. The van der Waals surface area contributed by atoms with Crippen LogP contribution in [-0.4, -0.2) is 83.9 Å². The maximum atomic E-state index is 12.6. The molecule has 6 heterocycles. The lowest BCUT2D eigenvalue weighted by Crippen LogP contribution is -2.47. The number of hydrogen-bond acceptors (Lipinski definition) is 7. The molecule has 37 heavy (non-hydrogen) atoms. The van der Waals surface area contributed by atoms with Crippen molar-refractivity contribution in [2.75, 3.05) is 53.4 Å². The summed E-state index contributed by atoms with van der Waals surface area (Å²) in [4.78, 5) is 29.1. The molecule has 8 rings (SSSR count). The lowest BCUT2D eigenvalue weighted by molar-refractivity contribution is -0.120. The van der Waals surface area contributed by atoms with Crippen LogP contribution in [-0.2, 0) is 24.3 Å². The lowest BCUT2D eigenvalue weighted by atomic mass is 10.1. The molecule has 0 radical (unpaired) electrons. The van der Waals surface area contributed by atoms with Gasteiger partial charge in [-0.15, -0.1) is 0 Å². The van der Waals surface area contributed by atoms with Crippen LogP contribution in [0.5, 0.6) is 5.75 Å². The van der Waals surface area contributed by atoms with E-state index in [1.165, 1.54) is 11.1 Å². The minimum absolute atomic E-state index is 0.352. The van der Waals surface area contributed by atoms with Crippen molar-refractivity contribution in [2.45, 2.75) is 32.4 Å². The van der Waals surface area contributed by atoms with Gasteiger partial charge in [0, 0.05) is 63.9 Å². The summed E-state index contributed by atoms with van der Waals surface area (Å²) in [5.41, 5.74) is 5.65. The summed E-state index contributed by atoms with van der Waals surface area (Å²) < 4.78 is 5.63. The maximum absolute atomic E-state index is 12.6. The summed E-state index contributed by atoms with van der Waals surface area (Å²) in [7, 11) is 3.84. The third-order valence-electron chi connectivity index (χ3n) is 7.30. The maximum Gasteiger partial charge on any atom is 0.146 e. The molecule has 8 bridgehead atoms. The van der Waals surface area contributed by atoms with Crippen LogP contribution in [0, 0.1) is 0 Å². The second kappa shape index (κ2) is 11.9. The van der Waals surface area contributed by atoms with Crippen molar-refractivity contribution in [1.29, 1.82) is 0 Å². The van der Waals surface area contributed by atoms with E-state index in [-0.39, 0.29) is 0 Å². The van der Waals surface area contributed by atoms with Crippen LogP contribution in [0.2, 0.25) is 0 Å². The smallest absolute Gasteiger partial charge is 0.146 e. The predicted octanol–water partition coefficient (Wildman–Crippen LogP) is 3.66. The van der Waals surface area contributed by atoms with E-state index in [0.29, 0.717) is 25.2 Å². The van der Waals surface area contributed by atoms with Gasteiger partial charge in [0.1, 0.15) is 17.4 Å². The number of benzene rings is 2. The summed E-state index contributed by atoms with van der Waals surface area (Å²) in [5.74, 6) is 2.01. The van der Waals surface area contributed by atoms with Crippen LogP contribution >= 0.6 is 0 Å². The molecule has 0 saturated carbocycles. The summed E-state index contributed by atoms with van der Waals surface area (Å²) >= 11 is 0. The zero-order valence-electron chi connectivity index (χ0n) is 22.0. The lowest BCUT2D eigenvalue weighted by Gasteiger charge is -2.34. The van der Waals surface area contributed by atoms with Gasteiger partial charge in [-0.25, -0.2) is 9.97 Å². The Balaban J connectivity index is 1.41. The Morgan fingerprint density at radius 3 is 2.30 bits per heavy atom. The van der Waals surface area contributed by atoms with E-state index in [2.05, 4.69) is 69.2 Å². The number of ketones is 1. The molecule has 1 fully saturated rings. The molecule has 0 N–H and O–H groups in total. The van der Waals surface area contributed by atoms with Crippen LogP contribution < -0.4 is 4.74 Å². The Kier molecular flexibility index (Phi) is 8.24. The number of piperazine rings is 1. The fourth-order valence-corrected chi connectivity index (χ4v) is 5.28. The summed E-state index contributed by atoms with van der Waals surface area (Å²) in [5, 5.41) is 0. The highest BCUT2D eigenvalue weighted by Crippen LogP contribution is 2.23. The molecule has 0 atom stereocenters. The van der Waals surface area contributed by atoms with Crippen molar-refractivity contribution in [3.63, 3.8) is 0 Å². The van der Waals surface area contributed by atoms with Gasteiger partial charge in [0.2, 0.25) is 0 Å². The van der Waals surface area contributed by atoms with Gasteiger partial charge in [-0.05, 0) is 54.9 Å².